The third-order valence-corrected chi connectivity index (χ3v) is 4.53. The SMILES string of the molecule is Cn1ncc2c(N)nc(N3CCN(C(=O)c4cccc(F)c4)CC3)nc21. The van der Waals surface area contributed by atoms with E-state index in [-0.39, 0.29) is 5.91 Å². The molecule has 2 N–H and O–H groups in total. The van der Waals surface area contributed by atoms with Gasteiger partial charge in [-0.25, -0.2) is 4.39 Å². The lowest BCUT2D eigenvalue weighted by Gasteiger charge is -2.34. The van der Waals surface area contributed by atoms with Gasteiger partial charge < -0.3 is 15.5 Å². The summed E-state index contributed by atoms with van der Waals surface area (Å²) >= 11 is 0. The number of carbonyl (C=O) groups excluding carboxylic acids is 1. The molecule has 26 heavy (non-hydrogen) atoms. The number of piperazine rings is 1. The highest BCUT2D eigenvalue weighted by Crippen LogP contribution is 2.21. The molecule has 134 valence electrons. The first kappa shape index (κ1) is 16.2. The van der Waals surface area contributed by atoms with Crippen molar-refractivity contribution >= 4 is 28.7 Å². The predicted octanol–water partition coefficient (Wildman–Crippen LogP) is 1.05. The molecule has 0 aliphatic carbocycles. The summed E-state index contributed by atoms with van der Waals surface area (Å²) in [5.41, 5.74) is 7.04. The second kappa shape index (κ2) is 6.25. The number of fused-ring (bicyclic) bond motifs is 1. The van der Waals surface area contributed by atoms with Crippen LogP contribution in [0.4, 0.5) is 16.2 Å². The predicted molar refractivity (Wildman–Crippen MR) is 95.2 cm³/mol. The van der Waals surface area contributed by atoms with Gasteiger partial charge in [-0.05, 0) is 18.2 Å². The van der Waals surface area contributed by atoms with Gasteiger partial charge >= 0.3 is 0 Å². The van der Waals surface area contributed by atoms with Crippen LogP contribution in [0.15, 0.2) is 30.5 Å². The van der Waals surface area contributed by atoms with Crippen molar-refractivity contribution in [3.05, 3.63) is 41.8 Å². The summed E-state index contributed by atoms with van der Waals surface area (Å²) in [6.07, 6.45) is 1.64. The maximum Gasteiger partial charge on any atom is 0.254 e. The van der Waals surface area contributed by atoms with Gasteiger partial charge in [0.2, 0.25) is 5.95 Å². The van der Waals surface area contributed by atoms with Crippen molar-refractivity contribution in [1.29, 1.82) is 0 Å². The second-order valence-corrected chi connectivity index (χ2v) is 6.20. The van der Waals surface area contributed by atoms with Gasteiger partial charge in [0.05, 0.1) is 11.6 Å². The van der Waals surface area contributed by atoms with Crippen LogP contribution >= 0.6 is 0 Å². The topological polar surface area (TPSA) is 93.2 Å². The standard InChI is InChI=1S/C17H18FN7O/c1-23-15-13(10-20-23)14(19)21-17(22-15)25-7-5-24(6-8-25)16(26)11-3-2-4-12(18)9-11/h2-4,9-10H,5-8H2,1H3,(H2,19,21,22). The van der Waals surface area contributed by atoms with Gasteiger partial charge in [-0.3, -0.25) is 9.48 Å². The average Bonchev–Trinajstić information content (AvgIpc) is 3.03. The smallest absolute Gasteiger partial charge is 0.254 e. The number of aryl methyl sites for hydroxylation is 1. The van der Waals surface area contributed by atoms with E-state index in [1.165, 1.54) is 12.1 Å². The minimum atomic E-state index is -0.414. The average molecular weight is 355 g/mol. The number of nitrogens with zero attached hydrogens (tertiary/aromatic N) is 6. The Kier molecular flexibility index (Phi) is 3.90. The van der Waals surface area contributed by atoms with Gasteiger partial charge in [0.1, 0.15) is 11.6 Å². The van der Waals surface area contributed by atoms with Crippen LogP contribution in [0.2, 0.25) is 0 Å². The van der Waals surface area contributed by atoms with Crippen LogP contribution in [0.25, 0.3) is 11.0 Å². The minimum absolute atomic E-state index is 0.174. The Bertz CT molecular complexity index is 978. The molecule has 1 aliphatic heterocycles. The number of amides is 1. The summed E-state index contributed by atoms with van der Waals surface area (Å²) in [4.78, 5) is 25.1. The van der Waals surface area contributed by atoms with E-state index in [0.717, 1.165) is 5.39 Å². The molecule has 2 aromatic heterocycles. The van der Waals surface area contributed by atoms with E-state index < -0.39 is 5.82 Å². The van der Waals surface area contributed by atoms with Crippen molar-refractivity contribution in [3.8, 4) is 0 Å². The molecule has 0 unspecified atom stereocenters. The normalized spacial score (nSPS) is 14.8. The van der Waals surface area contributed by atoms with Gasteiger partial charge in [-0.1, -0.05) is 6.07 Å². The van der Waals surface area contributed by atoms with Crippen LogP contribution in [0.5, 0.6) is 0 Å². The number of nitrogen functional groups attached to an aromatic ring is 1. The molecular formula is C17H18FN7O. The lowest BCUT2D eigenvalue weighted by atomic mass is 10.2. The van der Waals surface area contributed by atoms with Crippen LogP contribution in [0.3, 0.4) is 0 Å². The number of rotatable bonds is 2. The molecule has 9 heteroatoms. The van der Waals surface area contributed by atoms with E-state index in [2.05, 4.69) is 15.1 Å². The molecule has 0 atom stereocenters. The fourth-order valence-electron chi connectivity index (χ4n) is 3.09. The van der Waals surface area contributed by atoms with Crippen LogP contribution in [-0.2, 0) is 7.05 Å². The summed E-state index contributed by atoms with van der Waals surface area (Å²) in [7, 11) is 1.80. The molecule has 1 aromatic carbocycles. The highest BCUT2D eigenvalue weighted by Gasteiger charge is 2.24. The van der Waals surface area contributed by atoms with E-state index in [1.54, 1.807) is 35.0 Å². The number of nitrogens with two attached hydrogens (primary N) is 1. The highest BCUT2D eigenvalue weighted by atomic mass is 19.1. The van der Waals surface area contributed by atoms with E-state index in [4.69, 9.17) is 5.73 Å². The molecule has 8 nitrogen and oxygen atoms in total. The Balaban J connectivity index is 1.50. The Morgan fingerprint density at radius 2 is 1.96 bits per heavy atom. The van der Waals surface area contributed by atoms with Crippen molar-refractivity contribution in [2.24, 2.45) is 7.05 Å². The Morgan fingerprint density at radius 3 is 2.69 bits per heavy atom. The first-order chi connectivity index (χ1) is 12.5. The summed E-state index contributed by atoms with van der Waals surface area (Å²) in [5, 5.41) is 4.87. The third kappa shape index (κ3) is 2.81. The molecule has 1 saturated heterocycles. The van der Waals surface area contributed by atoms with E-state index in [0.29, 0.717) is 49.2 Å². The molecule has 0 bridgehead atoms. The van der Waals surface area contributed by atoms with Crippen LogP contribution in [-0.4, -0.2) is 56.7 Å². The van der Waals surface area contributed by atoms with E-state index in [1.807, 2.05) is 4.90 Å². The lowest BCUT2D eigenvalue weighted by molar-refractivity contribution is 0.0745. The third-order valence-electron chi connectivity index (χ3n) is 4.53. The molecule has 1 fully saturated rings. The molecule has 1 aliphatic rings. The summed E-state index contributed by atoms with van der Waals surface area (Å²) in [6, 6.07) is 5.75. The van der Waals surface area contributed by atoms with Crippen LogP contribution < -0.4 is 10.6 Å². The molecule has 1 amide bonds. The maximum atomic E-state index is 13.3. The monoisotopic (exact) mass is 355 g/mol. The number of aromatic nitrogens is 4. The molecule has 0 spiro atoms. The first-order valence-corrected chi connectivity index (χ1v) is 8.28. The number of hydrogen-bond acceptors (Lipinski definition) is 6. The molecule has 3 aromatic rings. The maximum absolute atomic E-state index is 13.3. The van der Waals surface area contributed by atoms with Crippen molar-refractivity contribution in [3.63, 3.8) is 0 Å². The van der Waals surface area contributed by atoms with Crippen molar-refractivity contribution < 1.29 is 9.18 Å². The molecule has 4 rings (SSSR count). The lowest BCUT2D eigenvalue weighted by Crippen LogP contribution is -2.49. The zero-order valence-corrected chi connectivity index (χ0v) is 14.3. The Hall–Kier alpha value is -3.23. The number of benzene rings is 1. The van der Waals surface area contributed by atoms with Crippen molar-refractivity contribution in [2.45, 2.75) is 0 Å². The Labute approximate surface area is 149 Å². The summed E-state index contributed by atoms with van der Waals surface area (Å²) in [5.74, 6) is 0.322. The second-order valence-electron chi connectivity index (χ2n) is 6.20. The number of carbonyl (C=O) groups is 1. The molecule has 3 heterocycles. The minimum Gasteiger partial charge on any atom is -0.383 e. The molecule has 0 radical (unpaired) electrons. The van der Waals surface area contributed by atoms with Gasteiger partial charge in [-0.15, -0.1) is 0 Å². The van der Waals surface area contributed by atoms with Crippen molar-refractivity contribution in [2.75, 3.05) is 36.8 Å². The quantitative estimate of drug-likeness (QED) is 0.738. The summed E-state index contributed by atoms with van der Waals surface area (Å²) < 4.78 is 15.0. The molecular weight excluding hydrogens is 337 g/mol. The largest absolute Gasteiger partial charge is 0.383 e. The summed E-state index contributed by atoms with van der Waals surface area (Å²) in [6.45, 7) is 2.15. The fourth-order valence-corrected chi connectivity index (χ4v) is 3.09. The Morgan fingerprint density at radius 1 is 1.19 bits per heavy atom. The first-order valence-electron chi connectivity index (χ1n) is 8.28. The number of anilines is 2. The van der Waals surface area contributed by atoms with Gasteiger partial charge in [0, 0.05) is 38.8 Å². The number of halogens is 1. The van der Waals surface area contributed by atoms with Gasteiger partial charge in [-0.2, -0.15) is 15.1 Å². The van der Waals surface area contributed by atoms with Crippen molar-refractivity contribution in [1.82, 2.24) is 24.6 Å². The zero-order chi connectivity index (χ0) is 18.3. The van der Waals surface area contributed by atoms with Gasteiger partial charge in [0.25, 0.3) is 5.91 Å². The van der Waals surface area contributed by atoms with Crippen LogP contribution in [0.1, 0.15) is 10.4 Å². The highest BCUT2D eigenvalue weighted by molar-refractivity contribution is 5.94. The fraction of sp³-hybridized carbons (Fsp3) is 0.294. The van der Waals surface area contributed by atoms with E-state index >= 15 is 0 Å². The zero-order valence-electron chi connectivity index (χ0n) is 14.3. The van der Waals surface area contributed by atoms with Gasteiger partial charge in [0.15, 0.2) is 5.65 Å². The number of hydrogen-bond donors (Lipinski definition) is 1. The molecule has 0 saturated carbocycles. The van der Waals surface area contributed by atoms with E-state index in [9.17, 15) is 9.18 Å². The van der Waals surface area contributed by atoms with Crippen LogP contribution in [0, 0.1) is 5.82 Å².